The average Bonchev–Trinajstić information content (AvgIpc) is 3.01. The minimum atomic E-state index is -3.26. The largest absolute Gasteiger partial charge is 0.457 e. The number of hydrogen-bond acceptors (Lipinski definition) is 7. The van der Waals surface area contributed by atoms with Crippen molar-refractivity contribution in [3.63, 3.8) is 0 Å². The van der Waals surface area contributed by atoms with Crippen LogP contribution in [0.15, 0.2) is 53.4 Å². The summed E-state index contributed by atoms with van der Waals surface area (Å²) in [5.41, 5.74) is 0.244. The first-order valence-corrected chi connectivity index (χ1v) is 17.6. The van der Waals surface area contributed by atoms with E-state index in [9.17, 15) is 23.1 Å². The van der Waals surface area contributed by atoms with Crippen LogP contribution in [0.2, 0.25) is 0 Å². The SMILES string of the molecule is CCCCN1C(=O)C([C@H](O)C2CCCCC2)NC(=O)C12CCN(Cc1ccc(Oc3ccc(S(C)(=O)=O)cc3)cc1)CC2. The van der Waals surface area contributed by atoms with E-state index < -0.39 is 27.5 Å². The van der Waals surface area contributed by atoms with E-state index in [0.717, 1.165) is 50.5 Å². The van der Waals surface area contributed by atoms with Crippen molar-refractivity contribution in [3.8, 4) is 11.5 Å². The minimum Gasteiger partial charge on any atom is -0.457 e. The first-order valence-electron chi connectivity index (χ1n) is 15.7. The number of carbonyl (C=O) groups is 2. The highest BCUT2D eigenvalue weighted by atomic mass is 32.2. The molecule has 5 rings (SSSR count). The van der Waals surface area contributed by atoms with Gasteiger partial charge in [-0.1, -0.05) is 44.7 Å². The summed E-state index contributed by atoms with van der Waals surface area (Å²) in [7, 11) is -3.26. The number of amides is 2. The van der Waals surface area contributed by atoms with E-state index in [4.69, 9.17) is 4.74 Å². The smallest absolute Gasteiger partial charge is 0.248 e. The van der Waals surface area contributed by atoms with Crippen LogP contribution in [0.3, 0.4) is 0 Å². The number of piperazine rings is 1. The highest BCUT2D eigenvalue weighted by Crippen LogP contribution is 2.36. The van der Waals surface area contributed by atoms with Crippen LogP contribution in [0.4, 0.5) is 0 Å². The van der Waals surface area contributed by atoms with E-state index in [0.29, 0.717) is 50.5 Å². The van der Waals surface area contributed by atoms with Gasteiger partial charge in [0, 0.05) is 32.4 Å². The summed E-state index contributed by atoms with van der Waals surface area (Å²) in [5, 5.41) is 14.2. The second-order valence-corrected chi connectivity index (χ2v) is 14.5. The Morgan fingerprint density at radius 2 is 1.58 bits per heavy atom. The predicted octanol–water partition coefficient (Wildman–Crippen LogP) is 4.29. The number of sulfone groups is 1. The lowest BCUT2D eigenvalue weighted by molar-refractivity contribution is -0.166. The van der Waals surface area contributed by atoms with Gasteiger partial charge in [0.25, 0.3) is 0 Å². The number of aliphatic hydroxyl groups excluding tert-OH is 1. The lowest BCUT2D eigenvalue weighted by atomic mass is 9.78. The van der Waals surface area contributed by atoms with Gasteiger partial charge in [-0.25, -0.2) is 8.42 Å². The zero-order valence-electron chi connectivity index (χ0n) is 25.3. The fraction of sp³-hybridized carbons (Fsp3) is 0.576. The average molecular weight is 612 g/mol. The second-order valence-electron chi connectivity index (χ2n) is 12.5. The molecule has 1 aliphatic carbocycles. The Labute approximate surface area is 255 Å². The fourth-order valence-corrected chi connectivity index (χ4v) is 7.48. The number of benzene rings is 2. The molecule has 1 spiro atoms. The number of unbranched alkanes of at least 4 members (excludes halogenated alkanes) is 1. The second kappa shape index (κ2) is 13.4. The Kier molecular flexibility index (Phi) is 9.78. The number of carbonyl (C=O) groups excluding carboxylic acids is 2. The van der Waals surface area contributed by atoms with Crippen molar-refractivity contribution in [2.45, 2.75) is 93.8 Å². The molecule has 3 aliphatic rings. The highest BCUT2D eigenvalue weighted by molar-refractivity contribution is 7.90. The van der Waals surface area contributed by atoms with Crippen molar-refractivity contribution in [1.82, 2.24) is 15.1 Å². The van der Waals surface area contributed by atoms with Crippen molar-refractivity contribution in [2.75, 3.05) is 25.9 Å². The van der Waals surface area contributed by atoms with Gasteiger partial charge in [-0.3, -0.25) is 14.5 Å². The van der Waals surface area contributed by atoms with Gasteiger partial charge in [0.05, 0.1) is 11.0 Å². The molecule has 9 nitrogen and oxygen atoms in total. The number of ether oxygens (including phenoxy) is 1. The zero-order valence-corrected chi connectivity index (χ0v) is 26.2. The van der Waals surface area contributed by atoms with Gasteiger partial charge in [-0.15, -0.1) is 0 Å². The molecule has 2 aromatic rings. The third kappa shape index (κ3) is 7.07. The number of aliphatic hydroxyl groups is 1. The molecule has 2 aromatic carbocycles. The van der Waals surface area contributed by atoms with Gasteiger partial charge in [-0.05, 0) is 80.0 Å². The molecular formula is C33H45N3O6S. The maximum absolute atomic E-state index is 13.8. The summed E-state index contributed by atoms with van der Waals surface area (Å²) in [6.45, 7) is 4.71. The Hall–Kier alpha value is -2.95. The standard InChI is InChI=1S/C33H45N3O6S/c1-3-4-20-36-31(38)29(30(37)25-8-6-5-7-9-25)34-32(39)33(36)18-21-35(22-19-33)23-24-10-12-26(13-11-24)42-27-14-16-28(17-15-27)43(2,40)41/h10-17,25,29-30,37H,3-9,18-23H2,1-2H3,(H,34,39)/t29?,30-/m1/s1. The first-order chi connectivity index (χ1) is 20.6. The molecule has 0 aromatic heterocycles. The van der Waals surface area contributed by atoms with Crippen molar-refractivity contribution < 1.29 is 27.9 Å². The lowest BCUT2D eigenvalue weighted by Gasteiger charge is -2.52. The van der Waals surface area contributed by atoms with Crippen molar-refractivity contribution in [1.29, 1.82) is 0 Å². The Morgan fingerprint density at radius 3 is 2.16 bits per heavy atom. The summed E-state index contributed by atoms with van der Waals surface area (Å²) in [6.07, 6.45) is 8.31. The molecule has 2 heterocycles. The van der Waals surface area contributed by atoms with Crippen molar-refractivity contribution >= 4 is 21.7 Å². The van der Waals surface area contributed by atoms with Gasteiger partial charge >= 0.3 is 0 Å². The summed E-state index contributed by atoms with van der Waals surface area (Å²) in [6, 6.07) is 13.3. The molecule has 234 valence electrons. The molecule has 2 atom stereocenters. The normalized spacial score (nSPS) is 22.4. The van der Waals surface area contributed by atoms with Crippen LogP contribution in [0.5, 0.6) is 11.5 Å². The van der Waals surface area contributed by atoms with E-state index in [2.05, 4.69) is 17.1 Å². The fourth-order valence-electron chi connectivity index (χ4n) is 6.85. The molecule has 0 radical (unpaired) electrons. The maximum Gasteiger partial charge on any atom is 0.248 e. The van der Waals surface area contributed by atoms with E-state index in [1.54, 1.807) is 12.1 Å². The number of nitrogens with zero attached hydrogens (tertiary/aromatic N) is 2. The molecule has 2 amide bonds. The lowest BCUT2D eigenvalue weighted by Crippen LogP contribution is -2.75. The Bertz CT molecular complexity index is 1360. The molecule has 1 saturated carbocycles. The van der Waals surface area contributed by atoms with Crippen LogP contribution in [-0.2, 0) is 26.0 Å². The molecule has 2 saturated heterocycles. The van der Waals surface area contributed by atoms with Crippen LogP contribution in [0.25, 0.3) is 0 Å². The van der Waals surface area contributed by atoms with Gasteiger partial charge < -0.3 is 20.1 Å². The Morgan fingerprint density at radius 1 is 0.977 bits per heavy atom. The van der Waals surface area contributed by atoms with Crippen LogP contribution < -0.4 is 10.1 Å². The van der Waals surface area contributed by atoms with E-state index in [1.807, 2.05) is 29.2 Å². The van der Waals surface area contributed by atoms with Crippen molar-refractivity contribution in [2.24, 2.45) is 5.92 Å². The number of hydrogen-bond donors (Lipinski definition) is 2. The topological polar surface area (TPSA) is 116 Å². The number of piperidine rings is 1. The van der Waals surface area contributed by atoms with Crippen LogP contribution in [-0.4, -0.2) is 78.7 Å². The van der Waals surface area contributed by atoms with E-state index in [1.165, 1.54) is 18.4 Å². The summed E-state index contributed by atoms with van der Waals surface area (Å²) in [4.78, 5) is 31.9. The molecule has 0 bridgehead atoms. The van der Waals surface area contributed by atoms with Gasteiger partial charge in [0.1, 0.15) is 23.1 Å². The van der Waals surface area contributed by atoms with Crippen LogP contribution >= 0.6 is 0 Å². The Balaban J connectivity index is 1.20. The van der Waals surface area contributed by atoms with Gasteiger partial charge in [0.2, 0.25) is 11.8 Å². The van der Waals surface area contributed by atoms with Gasteiger partial charge in [0.15, 0.2) is 9.84 Å². The number of nitrogens with one attached hydrogen (secondary N) is 1. The minimum absolute atomic E-state index is 0.0594. The monoisotopic (exact) mass is 611 g/mol. The first kappa shape index (κ1) is 31.5. The molecule has 1 unspecified atom stereocenters. The number of rotatable bonds is 10. The molecule has 10 heteroatoms. The summed E-state index contributed by atoms with van der Waals surface area (Å²) >= 11 is 0. The molecule has 3 fully saturated rings. The molecule has 2 aliphatic heterocycles. The van der Waals surface area contributed by atoms with Gasteiger partial charge in [-0.2, -0.15) is 0 Å². The summed E-state index contributed by atoms with van der Waals surface area (Å²) < 4.78 is 29.3. The third-order valence-electron chi connectivity index (χ3n) is 9.47. The van der Waals surface area contributed by atoms with Crippen molar-refractivity contribution in [3.05, 3.63) is 54.1 Å². The van der Waals surface area contributed by atoms with Crippen LogP contribution in [0.1, 0.15) is 70.3 Å². The third-order valence-corrected chi connectivity index (χ3v) is 10.6. The number of likely N-dealkylation sites (tertiary alicyclic amines) is 1. The molecular weight excluding hydrogens is 566 g/mol. The zero-order chi connectivity index (χ0) is 30.6. The summed E-state index contributed by atoms with van der Waals surface area (Å²) in [5.74, 6) is 1.03. The highest BCUT2D eigenvalue weighted by Gasteiger charge is 2.55. The van der Waals surface area contributed by atoms with Crippen LogP contribution in [0, 0.1) is 5.92 Å². The molecule has 43 heavy (non-hydrogen) atoms. The van der Waals surface area contributed by atoms with E-state index >= 15 is 0 Å². The quantitative estimate of drug-likeness (QED) is 0.412. The van der Waals surface area contributed by atoms with E-state index in [-0.39, 0.29) is 22.6 Å². The predicted molar refractivity (Wildman–Crippen MR) is 164 cm³/mol. The molecule has 2 N–H and O–H groups in total. The maximum atomic E-state index is 13.8.